The van der Waals surface area contributed by atoms with E-state index in [1.807, 2.05) is 0 Å². The van der Waals surface area contributed by atoms with Gasteiger partial charge in [-0.25, -0.2) is 5.01 Å². The van der Waals surface area contributed by atoms with E-state index in [-0.39, 0.29) is 12.1 Å². The number of amides is 1. The predicted octanol–water partition coefficient (Wildman–Crippen LogP) is 1.51. The summed E-state index contributed by atoms with van der Waals surface area (Å²) in [6.45, 7) is 2.13. The van der Waals surface area contributed by atoms with Crippen LogP contribution in [0.1, 0.15) is 26.2 Å². The van der Waals surface area contributed by atoms with Gasteiger partial charge in [-0.2, -0.15) is 0 Å². The van der Waals surface area contributed by atoms with E-state index < -0.39 is 0 Å². The van der Waals surface area contributed by atoms with Crippen molar-refractivity contribution in [1.29, 1.82) is 0 Å². The highest BCUT2D eigenvalue weighted by Gasteiger charge is 2.24. The van der Waals surface area contributed by atoms with Crippen molar-refractivity contribution in [3.05, 3.63) is 17.3 Å². The maximum Gasteiger partial charge on any atom is 0.235 e. The lowest BCUT2D eigenvalue weighted by Gasteiger charge is -2.34. The van der Waals surface area contributed by atoms with Crippen LogP contribution in [-0.4, -0.2) is 28.9 Å². The molecule has 2 rings (SSSR count). The van der Waals surface area contributed by atoms with Crippen LogP contribution in [0.4, 0.5) is 5.82 Å². The van der Waals surface area contributed by atoms with Gasteiger partial charge in [0.05, 0.1) is 0 Å². The van der Waals surface area contributed by atoms with Gasteiger partial charge in [0.25, 0.3) is 0 Å². The Bertz CT molecular complexity index is 406. The Morgan fingerprint density at radius 2 is 2.33 bits per heavy atom. The molecule has 0 radical (unpaired) electrons. The number of halogens is 1. The third-order valence-corrected chi connectivity index (χ3v) is 2.79. The molecule has 2 heterocycles. The molecule has 1 N–H and O–H groups in total. The Labute approximate surface area is 110 Å². The molecular formula is C11H15ClN4O2. The summed E-state index contributed by atoms with van der Waals surface area (Å²) < 4.78 is 5.64. The Morgan fingerprint density at radius 3 is 2.89 bits per heavy atom. The molecule has 1 aromatic rings. The lowest BCUT2D eigenvalue weighted by atomic mass is 10.2. The van der Waals surface area contributed by atoms with E-state index in [2.05, 4.69) is 15.6 Å². The monoisotopic (exact) mass is 270 g/mol. The van der Waals surface area contributed by atoms with Gasteiger partial charge in [0.15, 0.2) is 11.0 Å². The van der Waals surface area contributed by atoms with Gasteiger partial charge in [-0.1, -0.05) is 11.6 Å². The van der Waals surface area contributed by atoms with Gasteiger partial charge >= 0.3 is 0 Å². The highest BCUT2D eigenvalue weighted by atomic mass is 35.5. The molecule has 7 heteroatoms. The highest BCUT2D eigenvalue weighted by molar-refractivity contribution is 6.29. The number of nitrogens with one attached hydrogen (secondary N) is 1. The first-order chi connectivity index (χ1) is 8.66. The first-order valence-corrected chi connectivity index (χ1v) is 6.22. The van der Waals surface area contributed by atoms with E-state index in [0.717, 1.165) is 19.3 Å². The number of rotatable bonds is 3. The zero-order valence-corrected chi connectivity index (χ0v) is 10.9. The van der Waals surface area contributed by atoms with E-state index in [0.29, 0.717) is 17.6 Å². The molecule has 1 aliphatic rings. The third-order valence-electron chi connectivity index (χ3n) is 2.59. The van der Waals surface area contributed by atoms with E-state index in [1.54, 1.807) is 17.1 Å². The van der Waals surface area contributed by atoms with Crippen LogP contribution in [-0.2, 0) is 9.53 Å². The van der Waals surface area contributed by atoms with Crippen molar-refractivity contribution >= 4 is 23.3 Å². The average Bonchev–Trinajstić information content (AvgIpc) is 2.38. The fourth-order valence-corrected chi connectivity index (χ4v) is 1.91. The van der Waals surface area contributed by atoms with Crippen molar-refractivity contribution in [3.8, 4) is 0 Å². The van der Waals surface area contributed by atoms with E-state index in [4.69, 9.17) is 16.3 Å². The summed E-state index contributed by atoms with van der Waals surface area (Å²) in [7, 11) is 0. The van der Waals surface area contributed by atoms with Crippen LogP contribution in [0.3, 0.4) is 0 Å². The van der Waals surface area contributed by atoms with Crippen LogP contribution in [0.5, 0.6) is 0 Å². The molecular weight excluding hydrogens is 256 g/mol. The second kappa shape index (κ2) is 5.97. The Hall–Kier alpha value is -1.40. The molecule has 6 nitrogen and oxygen atoms in total. The van der Waals surface area contributed by atoms with Crippen molar-refractivity contribution < 1.29 is 9.53 Å². The Balaban J connectivity index is 2.17. The maximum absolute atomic E-state index is 11.3. The molecule has 1 atom stereocenters. The molecule has 0 aromatic carbocycles. The normalized spacial score (nSPS) is 19.3. The lowest BCUT2D eigenvalue weighted by Crippen LogP contribution is -2.50. The Morgan fingerprint density at radius 1 is 1.50 bits per heavy atom. The zero-order valence-electron chi connectivity index (χ0n) is 10.1. The molecule has 1 saturated heterocycles. The topological polar surface area (TPSA) is 67.4 Å². The minimum Gasteiger partial charge on any atom is -0.357 e. The van der Waals surface area contributed by atoms with E-state index in [9.17, 15) is 4.79 Å². The van der Waals surface area contributed by atoms with E-state index >= 15 is 0 Å². The fraction of sp³-hybridized carbons (Fsp3) is 0.545. The summed E-state index contributed by atoms with van der Waals surface area (Å²) in [5.74, 6) is 0.336. The molecule has 0 bridgehead atoms. The van der Waals surface area contributed by atoms with Crippen molar-refractivity contribution in [1.82, 2.24) is 15.6 Å². The number of nitrogens with zero attached hydrogens (tertiary/aromatic N) is 3. The number of carbonyl (C=O) groups excluding carboxylic acids is 1. The summed E-state index contributed by atoms with van der Waals surface area (Å²) >= 11 is 5.70. The highest BCUT2D eigenvalue weighted by Crippen LogP contribution is 2.20. The first kappa shape index (κ1) is 13.0. The van der Waals surface area contributed by atoms with Gasteiger partial charge in [0, 0.05) is 13.5 Å². The molecule has 0 spiro atoms. The van der Waals surface area contributed by atoms with E-state index in [1.165, 1.54) is 6.92 Å². The van der Waals surface area contributed by atoms with Gasteiger partial charge < -0.3 is 4.74 Å². The molecule has 1 fully saturated rings. The minimum atomic E-state index is -0.210. The molecule has 0 aliphatic carbocycles. The summed E-state index contributed by atoms with van der Waals surface area (Å²) in [6.07, 6.45) is 2.72. The fourth-order valence-electron chi connectivity index (χ4n) is 1.81. The molecule has 98 valence electrons. The second-order valence-electron chi connectivity index (χ2n) is 4.07. The van der Waals surface area contributed by atoms with Crippen molar-refractivity contribution in [3.63, 3.8) is 0 Å². The second-order valence-corrected chi connectivity index (χ2v) is 4.46. The van der Waals surface area contributed by atoms with Crippen molar-refractivity contribution in [2.24, 2.45) is 0 Å². The molecule has 1 aliphatic heterocycles. The minimum absolute atomic E-state index is 0.180. The van der Waals surface area contributed by atoms with Gasteiger partial charge in [-0.3, -0.25) is 10.2 Å². The number of hydrogen-bond donors (Lipinski definition) is 1. The number of hydrogen-bond acceptors (Lipinski definition) is 5. The standard InChI is InChI=1S/C11H15ClN4O2/c1-8(17)15-16(11-4-2-3-7-18-11)10-6-5-9(12)13-14-10/h5-6,11H,2-4,7H2,1H3,(H,15,17). The maximum atomic E-state index is 11.3. The first-order valence-electron chi connectivity index (χ1n) is 5.84. The van der Waals surface area contributed by atoms with Crippen LogP contribution in [0.25, 0.3) is 0 Å². The predicted molar refractivity (Wildman–Crippen MR) is 66.9 cm³/mol. The van der Waals surface area contributed by atoms with Gasteiger partial charge in [0.1, 0.15) is 6.23 Å². The van der Waals surface area contributed by atoms with Crippen molar-refractivity contribution in [2.75, 3.05) is 11.6 Å². The third kappa shape index (κ3) is 3.30. The van der Waals surface area contributed by atoms with Crippen LogP contribution < -0.4 is 10.4 Å². The zero-order chi connectivity index (χ0) is 13.0. The molecule has 0 saturated carbocycles. The molecule has 1 unspecified atom stereocenters. The summed E-state index contributed by atoms with van der Waals surface area (Å²) in [6, 6.07) is 3.32. The van der Waals surface area contributed by atoms with Gasteiger partial charge in [-0.15, -0.1) is 10.2 Å². The van der Waals surface area contributed by atoms with Crippen LogP contribution >= 0.6 is 11.6 Å². The molecule has 1 aromatic heterocycles. The SMILES string of the molecule is CC(=O)NN(c1ccc(Cl)nn1)C1CCCCO1. The average molecular weight is 271 g/mol. The lowest BCUT2D eigenvalue weighted by molar-refractivity contribution is -0.120. The summed E-state index contributed by atoms with van der Waals surface area (Å²) in [5, 5.41) is 9.64. The summed E-state index contributed by atoms with van der Waals surface area (Å²) in [5.41, 5.74) is 2.71. The largest absolute Gasteiger partial charge is 0.357 e. The van der Waals surface area contributed by atoms with Crippen molar-refractivity contribution in [2.45, 2.75) is 32.4 Å². The van der Waals surface area contributed by atoms with Gasteiger partial charge in [0.2, 0.25) is 5.91 Å². The quantitative estimate of drug-likeness (QED) is 0.844. The smallest absolute Gasteiger partial charge is 0.235 e. The number of aromatic nitrogens is 2. The van der Waals surface area contributed by atoms with Crippen LogP contribution in [0.15, 0.2) is 12.1 Å². The van der Waals surface area contributed by atoms with Gasteiger partial charge in [-0.05, 0) is 31.4 Å². The number of hydrazine groups is 1. The summed E-state index contributed by atoms with van der Waals surface area (Å²) in [4.78, 5) is 11.3. The molecule has 1 amide bonds. The van der Waals surface area contributed by atoms with Crippen LogP contribution in [0, 0.1) is 0 Å². The number of anilines is 1. The number of ether oxygens (including phenoxy) is 1. The molecule has 18 heavy (non-hydrogen) atoms. The van der Waals surface area contributed by atoms with Crippen LogP contribution in [0.2, 0.25) is 5.15 Å². The number of carbonyl (C=O) groups is 1. The Kier molecular flexibility index (Phi) is 4.33.